The van der Waals surface area contributed by atoms with E-state index < -0.39 is 17.9 Å². The first-order valence-electron chi connectivity index (χ1n) is 7.03. The molecule has 2 N–H and O–H groups in total. The van der Waals surface area contributed by atoms with Crippen molar-refractivity contribution in [2.45, 2.75) is 26.8 Å². The molecule has 0 aliphatic rings. The lowest BCUT2D eigenvalue weighted by atomic mass is 10.1. The normalized spacial score (nSPS) is 12.2. The van der Waals surface area contributed by atoms with Gasteiger partial charge in [0, 0.05) is 5.02 Å². The molecule has 0 radical (unpaired) electrons. The summed E-state index contributed by atoms with van der Waals surface area (Å²) in [4.78, 5) is 27.4. The maximum atomic E-state index is 12.2. The molecule has 1 heterocycles. The summed E-state index contributed by atoms with van der Waals surface area (Å²) in [6.45, 7) is 5.13. The van der Waals surface area contributed by atoms with Gasteiger partial charge in [0.2, 0.25) is 5.82 Å². The SMILES string of the molecule is Cc1nc(C(=O)NC(C(=O)O)C(C)C)nn1-c1ccc(Cl)cc1. The molecule has 8 heteroatoms. The Morgan fingerprint density at radius 2 is 1.87 bits per heavy atom. The van der Waals surface area contributed by atoms with Gasteiger partial charge < -0.3 is 10.4 Å². The number of benzene rings is 1. The number of rotatable bonds is 5. The summed E-state index contributed by atoms with van der Waals surface area (Å²) in [6.07, 6.45) is 0. The zero-order valence-electron chi connectivity index (χ0n) is 12.9. The van der Waals surface area contributed by atoms with Crippen LogP contribution in [-0.4, -0.2) is 37.8 Å². The standard InChI is InChI=1S/C15H17ClN4O3/c1-8(2)12(15(22)23)18-14(21)13-17-9(3)20(19-13)11-6-4-10(16)5-7-11/h4-8,12H,1-3H3,(H,18,21)(H,22,23). The van der Waals surface area contributed by atoms with E-state index in [9.17, 15) is 9.59 Å². The van der Waals surface area contributed by atoms with Gasteiger partial charge in [0.1, 0.15) is 11.9 Å². The Bertz CT molecular complexity index is 725. The van der Waals surface area contributed by atoms with E-state index in [1.54, 1.807) is 45.0 Å². The summed E-state index contributed by atoms with van der Waals surface area (Å²) < 4.78 is 1.50. The number of carbonyl (C=O) groups is 2. The summed E-state index contributed by atoms with van der Waals surface area (Å²) in [5.74, 6) is -1.54. The molecule has 1 unspecified atom stereocenters. The summed E-state index contributed by atoms with van der Waals surface area (Å²) in [5.41, 5.74) is 0.706. The van der Waals surface area contributed by atoms with Gasteiger partial charge in [-0.15, -0.1) is 5.10 Å². The molecule has 1 amide bonds. The van der Waals surface area contributed by atoms with Crippen molar-refractivity contribution >= 4 is 23.5 Å². The smallest absolute Gasteiger partial charge is 0.326 e. The van der Waals surface area contributed by atoms with Crippen LogP contribution in [0.15, 0.2) is 24.3 Å². The molecule has 23 heavy (non-hydrogen) atoms. The third-order valence-corrected chi connectivity index (χ3v) is 3.51. The van der Waals surface area contributed by atoms with Crippen LogP contribution in [0.4, 0.5) is 0 Å². The third kappa shape index (κ3) is 3.87. The van der Waals surface area contributed by atoms with Gasteiger partial charge in [-0.05, 0) is 37.1 Å². The second-order valence-electron chi connectivity index (χ2n) is 5.40. The first-order chi connectivity index (χ1) is 10.8. The van der Waals surface area contributed by atoms with Gasteiger partial charge in [0.05, 0.1) is 5.69 Å². The van der Waals surface area contributed by atoms with E-state index in [-0.39, 0.29) is 11.7 Å². The number of hydrogen-bond acceptors (Lipinski definition) is 4. The molecule has 7 nitrogen and oxygen atoms in total. The fourth-order valence-corrected chi connectivity index (χ4v) is 2.16. The van der Waals surface area contributed by atoms with Crippen LogP contribution in [-0.2, 0) is 4.79 Å². The summed E-state index contributed by atoms with van der Waals surface area (Å²) in [5, 5.41) is 16.3. The Morgan fingerprint density at radius 3 is 2.39 bits per heavy atom. The van der Waals surface area contributed by atoms with Crippen molar-refractivity contribution in [2.24, 2.45) is 5.92 Å². The molecule has 0 saturated heterocycles. The number of carboxylic acid groups (broad SMARTS) is 1. The zero-order chi connectivity index (χ0) is 17.1. The molecule has 0 aliphatic heterocycles. The van der Waals surface area contributed by atoms with Crippen molar-refractivity contribution in [1.82, 2.24) is 20.1 Å². The van der Waals surface area contributed by atoms with Gasteiger partial charge in [-0.1, -0.05) is 25.4 Å². The highest BCUT2D eigenvalue weighted by molar-refractivity contribution is 6.30. The molecule has 1 aromatic heterocycles. The summed E-state index contributed by atoms with van der Waals surface area (Å²) >= 11 is 5.85. The Balaban J connectivity index is 2.24. The third-order valence-electron chi connectivity index (χ3n) is 3.26. The number of halogens is 1. The molecular formula is C15H17ClN4O3. The molecule has 0 aliphatic carbocycles. The largest absolute Gasteiger partial charge is 0.480 e. The van der Waals surface area contributed by atoms with Gasteiger partial charge >= 0.3 is 5.97 Å². The van der Waals surface area contributed by atoms with E-state index in [1.165, 1.54) is 4.68 Å². The lowest BCUT2D eigenvalue weighted by Crippen LogP contribution is -2.44. The quantitative estimate of drug-likeness (QED) is 0.871. The zero-order valence-corrected chi connectivity index (χ0v) is 13.7. The highest BCUT2D eigenvalue weighted by Gasteiger charge is 2.26. The van der Waals surface area contributed by atoms with Crippen molar-refractivity contribution in [3.05, 3.63) is 40.9 Å². The number of carbonyl (C=O) groups excluding carboxylic acids is 1. The molecule has 0 spiro atoms. The molecule has 1 aromatic carbocycles. The van der Waals surface area contributed by atoms with Crippen LogP contribution in [0.1, 0.15) is 30.3 Å². The minimum absolute atomic E-state index is 0.0793. The van der Waals surface area contributed by atoms with Crippen LogP contribution < -0.4 is 5.32 Å². The number of nitrogens with zero attached hydrogens (tertiary/aromatic N) is 3. The molecule has 122 valence electrons. The van der Waals surface area contributed by atoms with Crippen molar-refractivity contribution in [3.8, 4) is 5.69 Å². The minimum atomic E-state index is -1.10. The fourth-order valence-electron chi connectivity index (χ4n) is 2.03. The summed E-state index contributed by atoms with van der Waals surface area (Å²) in [7, 11) is 0. The first kappa shape index (κ1) is 17.0. The molecule has 2 aromatic rings. The monoisotopic (exact) mass is 336 g/mol. The molecule has 0 fully saturated rings. The van der Waals surface area contributed by atoms with Crippen molar-refractivity contribution < 1.29 is 14.7 Å². The average Bonchev–Trinajstić information content (AvgIpc) is 2.86. The molecule has 0 bridgehead atoms. The second kappa shape index (κ2) is 6.78. The van der Waals surface area contributed by atoms with E-state index in [0.29, 0.717) is 16.5 Å². The lowest BCUT2D eigenvalue weighted by Gasteiger charge is -2.16. The Labute approximate surface area is 138 Å². The number of aryl methyl sites for hydroxylation is 1. The number of amides is 1. The van der Waals surface area contributed by atoms with Gasteiger partial charge in [-0.25, -0.2) is 14.5 Å². The van der Waals surface area contributed by atoms with Crippen molar-refractivity contribution in [3.63, 3.8) is 0 Å². The lowest BCUT2D eigenvalue weighted by molar-refractivity contribution is -0.140. The van der Waals surface area contributed by atoms with Crippen LogP contribution >= 0.6 is 11.6 Å². The van der Waals surface area contributed by atoms with E-state index in [4.69, 9.17) is 16.7 Å². The number of carboxylic acids is 1. The van der Waals surface area contributed by atoms with E-state index in [2.05, 4.69) is 15.4 Å². The molecular weight excluding hydrogens is 320 g/mol. The number of aromatic nitrogens is 3. The van der Waals surface area contributed by atoms with Gasteiger partial charge in [-0.2, -0.15) is 0 Å². The molecule has 0 saturated carbocycles. The van der Waals surface area contributed by atoms with E-state index >= 15 is 0 Å². The van der Waals surface area contributed by atoms with E-state index in [0.717, 1.165) is 0 Å². The Hall–Kier alpha value is -2.41. The average molecular weight is 337 g/mol. The van der Waals surface area contributed by atoms with Crippen LogP contribution in [0.2, 0.25) is 5.02 Å². The van der Waals surface area contributed by atoms with Gasteiger partial charge in [-0.3, -0.25) is 4.79 Å². The first-order valence-corrected chi connectivity index (χ1v) is 7.40. The highest BCUT2D eigenvalue weighted by Crippen LogP contribution is 2.14. The van der Waals surface area contributed by atoms with Crippen molar-refractivity contribution in [2.75, 3.05) is 0 Å². The van der Waals surface area contributed by atoms with E-state index in [1.807, 2.05) is 0 Å². The minimum Gasteiger partial charge on any atom is -0.480 e. The summed E-state index contributed by atoms with van der Waals surface area (Å²) in [6, 6.07) is 5.92. The predicted octanol–water partition coefficient (Wildman–Crippen LogP) is 2.07. The molecule has 2 rings (SSSR count). The maximum absolute atomic E-state index is 12.2. The van der Waals surface area contributed by atoms with Crippen LogP contribution in [0.25, 0.3) is 5.69 Å². The second-order valence-corrected chi connectivity index (χ2v) is 5.84. The fraction of sp³-hybridized carbons (Fsp3) is 0.333. The van der Waals surface area contributed by atoms with Crippen LogP contribution in [0, 0.1) is 12.8 Å². The van der Waals surface area contributed by atoms with Crippen LogP contribution in [0.3, 0.4) is 0 Å². The number of hydrogen-bond donors (Lipinski definition) is 2. The number of nitrogens with one attached hydrogen (secondary N) is 1. The molecule has 1 atom stereocenters. The highest BCUT2D eigenvalue weighted by atomic mass is 35.5. The van der Waals surface area contributed by atoms with Crippen LogP contribution in [0.5, 0.6) is 0 Å². The van der Waals surface area contributed by atoms with Gasteiger partial charge in [0.15, 0.2) is 0 Å². The maximum Gasteiger partial charge on any atom is 0.326 e. The topological polar surface area (TPSA) is 97.1 Å². The Kier molecular flexibility index (Phi) is 5.00. The number of aliphatic carboxylic acids is 1. The van der Waals surface area contributed by atoms with Gasteiger partial charge in [0.25, 0.3) is 5.91 Å². The predicted molar refractivity (Wildman–Crippen MR) is 84.8 cm³/mol. The Morgan fingerprint density at radius 1 is 1.26 bits per heavy atom. The van der Waals surface area contributed by atoms with Crippen molar-refractivity contribution in [1.29, 1.82) is 0 Å².